The van der Waals surface area contributed by atoms with Crippen molar-refractivity contribution in [3.05, 3.63) is 83.7 Å². The molecule has 166 valence electrons. The van der Waals surface area contributed by atoms with E-state index in [0.29, 0.717) is 11.8 Å². The third-order valence-electron chi connectivity index (χ3n) is 6.79. The second-order valence-electron chi connectivity index (χ2n) is 10.3. The smallest absolute Gasteiger partial charge is 0.225 e. The molecule has 0 aliphatic carbocycles. The van der Waals surface area contributed by atoms with E-state index in [1.807, 2.05) is 11.3 Å². The van der Waals surface area contributed by atoms with E-state index in [4.69, 9.17) is 0 Å². The van der Waals surface area contributed by atoms with Crippen LogP contribution in [0.1, 0.15) is 44.4 Å². The first kappa shape index (κ1) is 20.7. The highest BCUT2D eigenvalue weighted by Gasteiger charge is 2.33. The van der Waals surface area contributed by atoms with Gasteiger partial charge >= 0.3 is 0 Å². The summed E-state index contributed by atoms with van der Waals surface area (Å²) >= 11 is 1.97. The summed E-state index contributed by atoms with van der Waals surface area (Å²) in [5.74, 6) is 2.51. The maximum absolute atomic E-state index is 2.51. The molecular weight excluding hydrogens is 420 g/mol. The van der Waals surface area contributed by atoms with Crippen LogP contribution in [-0.2, 0) is 19.4 Å². The van der Waals surface area contributed by atoms with Crippen LogP contribution in [0.3, 0.4) is 0 Å². The Labute approximate surface area is 200 Å². The van der Waals surface area contributed by atoms with Gasteiger partial charge in [0.25, 0.3) is 5.82 Å². The van der Waals surface area contributed by atoms with Gasteiger partial charge in [-0.05, 0) is 42.9 Å². The first-order valence-corrected chi connectivity index (χ1v) is 13.0. The second-order valence-corrected chi connectivity index (χ2v) is 11.4. The van der Waals surface area contributed by atoms with E-state index in [9.17, 15) is 0 Å². The highest BCUT2D eigenvalue weighted by Crippen LogP contribution is 2.42. The molecule has 0 atom stereocenters. The molecule has 33 heavy (non-hydrogen) atoms. The molecule has 3 heterocycles. The number of hydrogen-bond donors (Lipinski definition) is 0. The molecule has 2 nitrogen and oxygen atoms in total. The molecule has 0 amide bonds. The molecule has 0 N–H and O–H groups in total. The molecule has 0 bridgehead atoms. The topological polar surface area (TPSA) is 8.81 Å². The monoisotopic (exact) mass is 451 g/mol. The average Bonchev–Trinajstić information content (AvgIpc) is 3.45. The molecule has 2 aromatic heterocycles. The van der Waals surface area contributed by atoms with Crippen LogP contribution in [0.4, 0.5) is 0 Å². The van der Waals surface area contributed by atoms with Gasteiger partial charge in [0.2, 0.25) is 0 Å². The number of fused-ring (bicyclic) bond motifs is 6. The lowest BCUT2D eigenvalue weighted by Crippen LogP contribution is -2.30. The SMILES string of the molecule is CC(C)Cc1cc2c(sc3ccccc32)c(CC(C)C)c1-n1cc[n+]2c1-c1ccccc1C2. The zero-order valence-electron chi connectivity index (χ0n) is 19.9. The number of rotatable bonds is 5. The van der Waals surface area contributed by atoms with Gasteiger partial charge in [-0.1, -0.05) is 64.1 Å². The van der Waals surface area contributed by atoms with E-state index >= 15 is 0 Å². The van der Waals surface area contributed by atoms with Crippen molar-refractivity contribution in [3.63, 3.8) is 0 Å². The maximum atomic E-state index is 2.51. The third kappa shape index (κ3) is 3.33. The maximum Gasteiger partial charge on any atom is 0.294 e. The van der Waals surface area contributed by atoms with Crippen LogP contribution in [0.25, 0.3) is 37.2 Å². The van der Waals surface area contributed by atoms with Crippen LogP contribution >= 0.6 is 11.3 Å². The Hall–Kier alpha value is -2.91. The Morgan fingerprint density at radius 3 is 2.48 bits per heavy atom. The van der Waals surface area contributed by atoms with Gasteiger partial charge < -0.3 is 0 Å². The van der Waals surface area contributed by atoms with Crippen LogP contribution in [0, 0.1) is 11.8 Å². The fraction of sp³-hybridized carbons (Fsp3) is 0.300. The molecule has 0 fully saturated rings. The standard InChI is InChI=1S/C30H31N2S/c1-19(2)15-22-17-25-24-11-7-8-12-27(24)33-29(25)26(16-20(3)4)28(22)32-14-13-31-18-21-9-5-6-10-23(21)30(31)32/h5-14,17,19-20H,15-16,18H2,1-4H3/q+1. The largest absolute Gasteiger partial charge is 0.294 e. The van der Waals surface area contributed by atoms with Crippen molar-refractivity contribution in [2.75, 3.05) is 0 Å². The van der Waals surface area contributed by atoms with Gasteiger partial charge in [-0.15, -0.1) is 11.3 Å². The first-order chi connectivity index (χ1) is 16.0. The van der Waals surface area contributed by atoms with E-state index < -0.39 is 0 Å². The molecule has 3 aromatic carbocycles. The molecule has 0 spiro atoms. The normalized spacial score (nSPS) is 12.9. The third-order valence-corrected chi connectivity index (χ3v) is 8.04. The first-order valence-electron chi connectivity index (χ1n) is 12.2. The van der Waals surface area contributed by atoms with E-state index in [2.05, 4.69) is 104 Å². The lowest BCUT2D eigenvalue weighted by Gasteiger charge is -2.17. The predicted molar refractivity (Wildman–Crippen MR) is 140 cm³/mol. The van der Waals surface area contributed by atoms with Crippen LogP contribution in [-0.4, -0.2) is 4.57 Å². The summed E-state index contributed by atoms with van der Waals surface area (Å²) in [6, 6.07) is 20.3. The summed E-state index contributed by atoms with van der Waals surface area (Å²) in [4.78, 5) is 0. The van der Waals surface area contributed by atoms with E-state index in [-0.39, 0.29) is 0 Å². The fourth-order valence-electron chi connectivity index (χ4n) is 5.55. The van der Waals surface area contributed by atoms with Gasteiger partial charge in [-0.2, -0.15) is 4.57 Å². The van der Waals surface area contributed by atoms with E-state index in [1.165, 1.54) is 53.9 Å². The number of hydrogen-bond acceptors (Lipinski definition) is 1. The molecule has 0 unspecified atom stereocenters. The molecule has 3 heteroatoms. The lowest BCUT2D eigenvalue weighted by molar-refractivity contribution is -0.671. The zero-order chi connectivity index (χ0) is 22.7. The number of nitrogens with zero attached hydrogens (tertiary/aromatic N) is 2. The summed E-state index contributed by atoms with van der Waals surface area (Å²) < 4.78 is 7.78. The molecule has 1 aliphatic heterocycles. The predicted octanol–water partition coefficient (Wildman–Crippen LogP) is 7.56. The minimum Gasteiger partial charge on any atom is -0.225 e. The van der Waals surface area contributed by atoms with Crippen molar-refractivity contribution < 1.29 is 4.57 Å². The Morgan fingerprint density at radius 1 is 0.909 bits per heavy atom. The van der Waals surface area contributed by atoms with Crippen molar-refractivity contribution in [2.24, 2.45) is 11.8 Å². The van der Waals surface area contributed by atoms with Gasteiger partial charge in [0.05, 0.1) is 5.56 Å². The highest BCUT2D eigenvalue weighted by atomic mass is 32.1. The van der Waals surface area contributed by atoms with Crippen LogP contribution in [0.2, 0.25) is 0 Å². The summed E-state index contributed by atoms with van der Waals surface area (Å²) in [5.41, 5.74) is 7.19. The number of thiophene rings is 1. The summed E-state index contributed by atoms with van der Waals surface area (Å²) in [6.07, 6.45) is 6.74. The van der Waals surface area contributed by atoms with Gasteiger partial charge in [0.15, 0.2) is 0 Å². The zero-order valence-corrected chi connectivity index (χ0v) is 20.7. The summed E-state index contributed by atoms with van der Waals surface area (Å²) in [5, 5.41) is 2.83. The van der Waals surface area contributed by atoms with Gasteiger partial charge in [-0.3, -0.25) is 0 Å². The van der Waals surface area contributed by atoms with Crippen LogP contribution in [0.5, 0.6) is 0 Å². The van der Waals surface area contributed by atoms with Crippen molar-refractivity contribution >= 4 is 31.5 Å². The Kier molecular flexibility index (Phi) is 4.92. The molecule has 5 aromatic rings. The second kappa shape index (κ2) is 7.85. The fourth-order valence-corrected chi connectivity index (χ4v) is 6.79. The van der Waals surface area contributed by atoms with Gasteiger partial charge in [0.1, 0.15) is 24.6 Å². The van der Waals surface area contributed by atoms with Crippen LogP contribution < -0.4 is 4.57 Å². The highest BCUT2D eigenvalue weighted by molar-refractivity contribution is 7.26. The molecular formula is C30H31N2S+. The number of imidazole rings is 1. The van der Waals surface area contributed by atoms with E-state index in [0.717, 1.165) is 19.4 Å². The van der Waals surface area contributed by atoms with E-state index in [1.54, 1.807) is 0 Å². The summed E-state index contributed by atoms with van der Waals surface area (Å²) in [6.45, 7) is 10.3. The van der Waals surface area contributed by atoms with Crippen LogP contribution in [0.15, 0.2) is 67.0 Å². The van der Waals surface area contributed by atoms with Crippen molar-refractivity contribution in [1.82, 2.24) is 4.57 Å². The average molecular weight is 452 g/mol. The van der Waals surface area contributed by atoms with Crippen molar-refractivity contribution in [2.45, 2.75) is 47.1 Å². The Bertz CT molecular complexity index is 1500. The Morgan fingerprint density at radius 2 is 1.67 bits per heavy atom. The van der Waals surface area contributed by atoms with Crippen molar-refractivity contribution in [1.29, 1.82) is 0 Å². The lowest BCUT2D eigenvalue weighted by atomic mass is 9.91. The van der Waals surface area contributed by atoms with Gasteiger partial charge in [-0.25, -0.2) is 4.57 Å². The number of benzene rings is 3. The molecule has 0 saturated heterocycles. The summed E-state index contributed by atoms with van der Waals surface area (Å²) in [7, 11) is 0. The molecule has 6 rings (SSSR count). The molecule has 1 aliphatic rings. The minimum absolute atomic E-state index is 0.593. The Balaban J connectivity index is 1.71. The molecule has 0 saturated carbocycles. The molecule has 0 radical (unpaired) electrons. The number of aromatic nitrogens is 2. The van der Waals surface area contributed by atoms with Crippen molar-refractivity contribution in [3.8, 4) is 17.1 Å². The van der Waals surface area contributed by atoms with Gasteiger partial charge in [0, 0.05) is 36.9 Å². The minimum atomic E-state index is 0.593. The quantitative estimate of drug-likeness (QED) is 0.239.